The molecule has 4 N–H and O–H groups in total. The van der Waals surface area contributed by atoms with E-state index in [1.807, 2.05) is 0 Å². The molecule has 3 aromatic carbocycles. The monoisotopic (exact) mass is 726 g/mol. The Morgan fingerprint density at radius 3 is 2.12 bits per heavy atom. The van der Waals surface area contributed by atoms with E-state index in [1.165, 1.54) is 60.3 Å². The summed E-state index contributed by atoms with van der Waals surface area (Å²) in [5.41, 5.74) is 0.533. The number of β-lactam (4-membered cyclic amide) rings is 1. The SMILES string of the molecule is CN1CCOCC1.O=C(COc1ccc([C@@H]2[C@@H](SCC(O)c3ccc(F)cc3)C(=O)N2c2ccc(F)cc2)cc1)NCC(=O)NC1(C(=O)O)CC1. The van der Waals surface area contributed by atoms with Crippen molar-refractivity contribution in [3.8, 4) is 5.75 Å². The molecule has 51 heavy (non-hydrogen) atoms. The van der Waals surface area contributed by atoms with Crippen LogP contribution in [0.15, 0.2) is 72.8 Å². The van der Waals surface area contributed by atoms with Crippen molar-refractivity contribution in [3.63, 3.8) is 0 Å². The number of amides is 3. The Kier molecular flexibility index (Phi) is 12.6. The number of aliphatic carboxylic acids is 1. The highest BCUT2D eigenvalue weighted by molar-refractivity contribution is 8.00. The summed E-state index contributed by atoms with van der Waals surface area (Å²) in [5.74, 6) is -2.83. The first kappa shape index (κ1) is 37.7. The largest absolute Gasteiger partial charge is 0.484 e. The number of likely N-dealkylation sites (N-methyl/N-ethyl adjacent to an activating group) is 1. The third-order valence-corrected chi connectivity index (χ3v) is 9.98. The molecule has 3 fully saturated rings. The number of carboxylic acid groups (broad SMARTS) is 1. The predicted molar refractivity (Wildman–Crippen MR) is 185 cm³/mol. The molecule has 3 amide bonds. The maximum Gasteiger partial charge on any atom is 0.329 e. The number of carboxylic acids is 1. The van der Waals surface area contributed by atoms with E-state index in [0.717, 1.165) is 31.9 Å². The number of halogens is 2. The molecular weight excluding hydrogens is 686 g/mol. The number of rotatable bonds is 13. The van der Waals surface area contributed by atoms with Gasteiger partial charge in [-0.15, -0.1) is 11.8 Å². The van der Waals surface area contributed by atoms with Crippen LogP contribution in [0.5, 0.6) is 5.75 Å². The van der Waals surface area contributed by atoms with Gasteiger partial charge in [0.15, 0.2) is 6.61 Å². The van der Waals surface area contributed by atoms with Crippen molar-refractivity contribution in [2.75, 3.05) is 57.2 Å². The number of thioether (sulfide) groups is 1. The van der Waals surface area contributed by atoms with Crippen LogP contribution in [0.4, 0.5) is 14.5 Å². The Hall–Kier alpha value is -4.57. The average molecular weight is 727 g/mol. The van der Waals surface area contributed by atoms with Gasteiger partial charge in [-0.2, -0.15) is 0 Å². The van der Waals surface area contributed by atoms with Crippen molar-refractivity contribution in [1.82, 2.24) is 15.5 Å². The van der Waals surface area contributed by atoms with Crippen molar-refractivity contribution in [3.05, 3.63) is 95.6 Å². The zero-order chi connectivity index (χ0) is 36.5. The van der Waals surface area contributed by atoms with Crippen LogP contribution in [-0.4, -0.2) is 102 Å². The van der Waals surface area contributed by atoms with E-state index in [1.54, 1.807) is 29.2 Å². The smallest absolute Gasteiger partial charge is 0.329 e. The Labute approximate surface area is 298 Å². The van der Waals surface area contributed by atoms with Crippen molar-refractivity contribution in [2.45, 2.75) is 35.8 Å². The highest BCUT2D eigenvalue weighted by atomic mass is 32.2. The molecule has 0 spiro atoms. The molecule has 3 aromatic rings. The van der Waals surface area contributed by atoms with Crippen molar-refractivity contribution in [1.29, 1.82) is 0 Å². The first-order valence-corrected chi connectivity index (χ1v) is 17.4. The number of nitrogens with zero attached hydrogens (tertiary/aromatic N) is 2. The van der Waals surface area contributed by atoms with Crippen LogP contribution in [0.1, 0.15) is 36.1 Å². The molecule has 3 aliphatic rings. The van der Waals surface area contributed by atoms with Crippen LogP contribution in [0, 0.1) is 11.6 Å². The summed E-state index contributed by atoms with van der Waals surface area (Å²) in [5, 5.41) is 24.0. The molecule has 1 unspecified atom stereocenters. The summed E-state index contributed by atoms with van der Waals surface area (Å²) in [7, 11) is 2.11. The molecule has 6 rings (SSSR count). The molecule has 272 valence electrons. The lowest BCUT2D eigenvalue weighted by Crippen LogP contribution is -2.57. The van der Waals surface area contributed by atoms with Gasteiger partial charge in [0.2, 0.25) is 11.8 Å². The minimum Gasteiger partial charge on any atom is -0.484 e. The minimum absolute atomic E-state index is 0.182. The Bertz CT molecular complexity index is 1670. The fourth-order valence-corrected chi connectivity index (χ4v) is 6.74. The van der Waals surface area contributed by atoms with Crippen LogP contribution < -0.4 is 20.3 Å². The molecule has 0 aromatic heterocycles. The molecule has 15 heteroatoms. The van der Waals surface area contributed by atoms with E-state index in [2.05, 4.69) is 22.6 Å². The number of hydrogen-bond acceptors (Lipinski definition) is 9. The lowest BCUT2D eigenvalue weighted by atomic mass is 9.92. The van der Waals surface area contributed by atoms with E-state index in [4.69, 9.17) is 14.6 Å². The lowest BCUT2D eigenvalue weighted by Gasteiger charge is -2.47. The molecule has 2 heterocycles. The molecule has 0 radical (unpaired) electrons. The summed E-state index contributed by atoms with van der Waals surface area (Å²) in [6.45, 7) is 3.24. The van der Waals surface area contributed by atoms with Crippen LogP contribution in [0.2, 0.25) is 0 Å². The zero-order valence-corrected chi connectivity index (χ0v) is 28.7. The quantitative estimate of drug-likeness (QED) is 0.193. The second-order valence-electron chi connectivity index (χ2n) is 12.4. The van der Waals surface area contributed by atoms with E-state index >= 15 is 0 Å². The maximum atomic E-state index is 13.6. The second kappa shape index (κ2) is 17.1. The number of nitrogens with one attached hydrogen (secondary N) is 2. The standard InChI is InChI=1S/C31H29F2N3O7S.C5H11NO/c32-20-5-1-18(2-6-20)24(37)17-44-28-27(36(29(28)40)22-9-7-21(33)8-10-22)19-3-11-23(12-4-19)43-16-26(39)34-15-25(38)35-31(13-14-31)30(41)42;1-6-2-4-7-5-3-6/h1-12,24,27-28,37H,13-17H2,(H,34,39)(H,35,38)(H,41,42);2-5H2,1H3/t24?,27-,28-;/m1./s1. The number of aliphatic hydroxyl groups excluding tert-OH is 1. The van der Waals surface area contributed by atoms with Gasteiger partial charge < -0.3 is 40.1 Å². The Balaban J connectivity index is 0.000000643. The number of ether oxygens (including phenoxy) is 2. The van der Waals surface area contributed by atoms with Crippen molar-refractivity contribution in [2.24, 2.45) is 0 Å². The highest BCUT2D eigenvalue weighted by Crippen LogP contribution is 2.46. The minimum atomic E-state index is -1.24. The molecule has 0 bridgehead atoms. The number of morpholine rings is 1. The number of carbonyl (C=O) groups excluding carboxylic acids is 3. The van der Waals surface area contributed by atoms with E-state index in [9.17, 15) is 33.1 Å². The van der Waals surface area contributed by atoms with E-state index in [0.29, 0.717) is 29.8 Å². The summed E-state index contributed by atoms with van der Waals surface area (Å²) < 4.78 is 37.5. The fraction of sp³-hybridized carbons (Fsp3) is 0.389. The predicted octanol–water partition coefficient (Wildman–Crippen LogP) is 3.06. The van der Waals surface area contributed by atoms with Gasteiger partial charge in [-0.25, -0.2) is 13.6 Å². The van der Waals surface area contributed by atoms with Gasteiger partial charge in [-0.05, 0) is 79.5 Å². The zero-order valence-electron chi connectivity index (χ0n) is 27.9. The topological polar surface area (TPSA) is 158 Å². The van der Waals surface area contributed by atoms with Crippen LogP contribution in [-0.2, 0) is 23.9 Å². The summed E-state index contributed by atoms with van der Waals surface area (Å²) in [4.78, 5) is 52.4. The normalized spacial score (nSPS) is 19.8. The molecule has 1 aliphatic carbocycles. The molecule has 12 nitrogen and oxygen atoms in total. The van der Waals surface area contributed by atoms with Gasteiger partial charge in [0.1, 0.15) is 28.2 Å². The second-order valence-corrected chi connectivity index (χ2v) is 13.6. The summed E-state index contributed by atoms with van der Waals surface area (Å²) in [6, 6.07) is 17.3. The van der Waals surface area contributed by atoms with Gasteiger partial charge in [-0.1, -0.05) is 24.3 Å². The van der Waals surface area contributed by atoms with Crippen LogP contribution >= 0.6 is 11.8 Å². The van der Waals surface area contributed by atoms with Crippen molar-refractivity contribution < 1.29 is 47.6 Å². The van der Waals surface area contributed by atoms with E-state index in [-0.39, 0.29) is 24.8 Å². The summed E-state index contributed by atoms with van der Waals surface area (Å²) >= 11 is 1.26. The van der Waals surface area contributed by atoms with Gasteiger partial charge in [-0.3, -0.25) is 14.4 Å². The van der Waals surface area contributed by atoms with Crippen LogP contribution in [0.3, 0.4) is 0 Å². The number of carbonyl (C=O) groups is 4. The summed E-state index contributed by atoms with van der Waals surface area (Å²) in [6.07, 6.45) is -0.237. The Morgan fingerprint density at radius 1 is 0.961 bits per heavy atom. The van der Waals surface area contributed by atoms with Gasteiger partial charge in [0.25, 0.3) is 5.91 Å². The average Bonchev–Trinajstić information content (AvgIpc) is 3.91. The molecular formula is C36H40F2N4O8S. The number of benzene rings is 3. The Morgan fingerprint density at radius 2 is 1.57 bits per heavy atom. The van der Waals surface area contributed by atoms with Crippen LogP contribution in [0.25, 0.3) is 0 Å². The van der Waals surface area contributed by atoms with Gasteiger partial charge >= 0.3 is 5.97 Å². The third-order valence-electron chi connectivity index (χ3n) is 8.65. The maximum absolute atomic E-state index is 13.6. The van der Waals surface area contributed by atoms with Crippen molar-refractivity contribution >= 4 is 41.1 Å². The molecule has 3 atom stereocenters. The number of aliphatic hydroxyl groups is 1. The first-order chi connectivity index (χ1) is 24.5. The fourth-order valence-electron chi connectivity index (χ4n) is 5.44. The van der Waals surface area contributed by atoms with Gasteiger partial charge in [0.05, 0.1) is 31.9 Å². The van der Waals surface area contributed by atoms with E-state index < -0.39 is 52.4 Å². The first-order valence-electron chi connectivity index (χ1n) is 16.4. The number of anilines is 1. The third kappa shape index (κ3) is 10.0. The highest BCUT2D eigenvalue weighted by Gasteiger charge is 2.51. The number of hydrogen-bond donors (Lipinski definition) is 4. The lowest BCUT2D eigenvalue weighted by molar-refractivity contribution is -0.143. The van der Waals surface area contributed by atoms with Gasteiger partial charge in [0, 0.05) is 24.5 Å². The molecule has 2 saturated heterocycles. The molecule has 2 aliphatic heterocycles. The molecule has 1 saturated carbocycles.